The second-order valence-corrected chi connectivity index (χ2v) is 6.76. The normalized spacial score (nSPS) is 27.2. The minimum absolute atomic E-state index is 0.212. The number of rotatable bonds is 12. The summed E-state index contributed by atoms with van der Waals surface area (Å²) in [5.41, 5.74) is 0. The van der Waals surface area contributed by atoms with E-state index in [0.29, 0.717) is 0 Å². The molecule has 0 aromatic heterocycles. The van der Waals surface area contributed by atoms with Crippen LogP contribution in [0.2, 0.25) is 0 Å². The molecule has 0 spiro atoms. The molecule has 30 heavy (non-hydrogen) atoms. The van der Waals surface area contributed by atoms with E-state index in [1.54, 1.807) is 0 Å². The zero-order valence-electron chi connectivity index (χ0n) is 17.2. The molecule has 0 aromatic rings. The van der Waals surface area contributed by atoms with E-state index in [4.69, 9.17) is 24.1 Å². The zero-order valence-corrected chi connectivity index (χ0v) is 17.2. The number of carbonyl (C=O) groups excluding carboxylic acids is 2. The maximum Gasteiger partial charge on any atom is 0.239 e. The van der Waals surface area contributed by atoms with Crippen molar-refractivity contribution >= 4 is 11.8 Å². The van der Waals surface area contributed by atoms with Gasteiger partial charge in [-0.1, -0.05) is 0 Å². The quantitative estimate of drug-likeness (QED) is 0.163. The van der Waals surface area contributed by atoms with Gasteiger partial charge in [-0.05, 0) is 6.92 Å². The molecule has 1 aliphatic heterocycles. The van der Waals surface area contributed by atoms with E-state index in [0.717, 1.165) is 4.90 Å². The van der Waals surface area contributed by atoms with E-state index < -0.39 is 74.8 Å². The van der Waals surface area contributed by atoms with Crippen molar-refractivity contribution in [2.24, 2.45) is 0 Å². The van der Waals surface area contributed by atoms with Crippen LogP contribution in [-0.4, -0.2) is 125 Å². The van der Waals surface area contributed by atoms with Crippen molar-refractivity contribution in [2.75, 3.05) is 40.0 Å². The van der Waals surface area contributed by atoms with Crippen molar-refractivity contribution in [3.8, 4) is 0 Å². The third kappa shape index (κ3) is 8.02. The van der Waals surface area contributed by atoms with E-state index >= 15 is 0 Å². The molecule has 0 radical (unpaired) electrons. The van der Waals surface area contributed by atoms with Crippen molar-refractivity contribution in [2.45, 2.75) is 57.1 Å². The molecule has 7 atom stereocenters. The van der Waals surface area contributed by atoms with Crippen molar-refractivity contribution < 1.29 is 54.1 Å². The van der Waals surface area contributed by atoms with Crippen LogP contribution in [0, 0.1) is 0 Å². The Morgan fingerprint density at radius 1 is 1.23 bits per heavy atom. The van der Waals surface area contributed by atoms with Crippen LogP contribution < -0.4 is 5.32 Å². The van der Waals surface area contributed by atoms with E-state index in [1.165, 1.54) is 21.0 Å². The van der Waals surface area contributed by atoms with Gasteiger partial charge in [-0.25, -0.2) is 0 Å². The molecule has 6 N–H and O–H groups in total. The van der Waals surface area contributed by atoms with Gasteiger partial charge < -0.3 is 54.7 Å². The molecule has 1 rings (SSSR count). The number of hydrogen-bond acceptors (Lipinski definition) is 11. The third-order valence-corrected chi connectivity index (χ3v) is 4.36. The van der Waals surface area contributed by atoms with Crippen LogP contribution in [0.25, 0.3) is 0 Å². The Labute approximate surface area is 174 Å². The highest BCUT2D eigenvalue weighted by Crippen LogP contribution is 2.20. The Morgan fingerprint density at radius 3 is 2.43 bits per heavy atom. The minimum Gasteiger partial charge on any atom is -0.391 e. The zero-order chi connectivity index (χ0) is 22.8. The van der Waals surface area contributed by atoms with E-state index in [9.17, 15) is 30.0 Å². The molecule has 0 aliphatic carbocycles. The molecule has 2 unspecified atom stereocenters. The molecule has 1 fully saturated rings. The molecule has 1 saturated heterocycles. The molecule has 0 bridgehead atoms. The highest BCUT2D eigenvalue weighted by atomic mass is 16.8. The Bertz CT molecular complexity index is 536. The first kappa shape index (κ1) is 26.6. The van der Waals surface area contributed by atoms with Crippen LogP contribution in [0.15, 0.2) is 0 Å². The monoisotopic (exact) mass is 440 g/mol. The summed E-state index contributed by atoms with van der Waals surface area (Å²) in [6, 6.07) is -1.20. The number of methoxy groups -OCH3 is 1. The summed E-state index contributed by atoms with van der Waals surface area (Å²) in [5, 5.41) is 51.5. The molecule has 0 aromatic carbocycles. The number of hydrogen-bond donors (Lipinski definition) is 6. The van der Waals surface area contributed by atoms with Crippen molar-refractivity contribution in [3.05, 3.63) is 0 Å². The largest absolute Gasteiger partial charge is 0.391 e. The van der Waals surface area contributed by atoms with Crippen LogP contribution in [0.5, 0.6) is 0 Å². The lowest BCUT2D eigenvalue weighted by Crippen LogP contribution is -2.57. The molecule has 0 saturated carbocycles. The van der Waals surface area contributed by atoms with Gasteiger partial charge in [-0.2, -0.15) is 0 Å². The SMILES string of the molecule is COCCNC(=O)CN(C(C)=O)[C@@H](CO[C@H]1OC(CO)O[C@H](O)C1O)[C@H](O)[C@@H](C)O. The Morgan fingerprint density at radius 2 is 1.90 bits per heavy atom. The predicted octanol–water partition coefficient (Wildman–Crippen LogP) is -3.90. The average Bonchev–Trinajstić information content (AvgIpc) is 2.69. The second-order valence-electron chi connectivity index (χ2n) is 6.76. The fraction of sp³-hybridized carbons (Fsp3) is 0.882. The molecular formula is C17H32N2O11. The van der Waals surface area contributed by atoms with Gasteiger partial charge in [0.25, 0.3) is 0 Å². The van der Waals surface area contributed by atoms with Crippen LogP contribution in [0.1, 0.15) is 13.8 Å². The van der Waals surface area contributed by atoms with E-state index in [1.807, 2.05) is 0 Å². The standard InChI is InChI=1S/C17H32N2O11/c1-9(21)14(24)11(19(10(2)22)6-12(23)18-4-5-27-3)8-28-17-15(25)16(26)29-13(7-20)30-17/h9,11,13-17,20-21,24-26H,4-8H2,1-3H3,(H,18,23)/t9-,11+,13?,14-,15?,16+,17+/m1/s1. The highest BCUT2D eigenvalue weighted by Gasteiger charge is 2.40. The summed E-state index contributed by atoms with van der Waals surface area (Å²) in [5.74, 6) is -1.10. The van der Waals surface area contributed by atoms with Gasteiger partial charge in [0, 0.05) is 20.6 Å². The molecule has 2 amide bonds. The van der Waals surface area contributed by atoms with Crippen LogP contribution in [0.4, 0.5) is 0 Å². The first-order valence-corrected chi connectivity index (χ1v) is 9.40. The summed E-state index contributed by atoms with van der Waals surface area (Å²) in [6.45, 7) is 1.42. The topological polar surface area (TPSA) is 187 Å². The van der Waals surface area contributed by atoms with Crippen LogP contribution in [0.3, 0.4) is 0 Å². The summed E-state index contributed by atoms with van der Waals surface area (Å²) >= 11 is 0. The minimum atomic E-state index is -1.70. The number of aliphatic hydroxyl groups excluding tert-OH is 5. The number of ether oxygens (including phenoxy) is 4. The van der Waals surface area contributed by atoms with Crippen LogP contribution >= 0.6 is 0 Å². The predicted molar refractivity (Wildman–Crippen MR) is 98.5 cm³/mol. The summed E-state index contributed by atoms with van der Waals surface area (Å²) in [6.07, 6.45) is -8.84. The van der Waals surface area contributed by atoms with E-state index in [2.05, 4.69) is 5.32 Å². The van der Waals surface area contributed by atoms with Crippen molar-refractivity contribution in [1.29, 1.82) is 0 Å². The number of nitrogens with zero attached hydrogens (tertiary/aromatic N) is 1. The fourth-order valence-corrected chi connectivity index (χ4v) is 2.71. The third-order valence-electron chi connectivity index (χ3n) is 4.36. The lowest BCUT2D eigenvalue weighted by atomic mass is 10.1. The summed E-state index contributed by atoms with van der Waals surface area (Å²) in [4.78, 5) is 25.3. The maximum atomic E-state index is 12.1. The molecule has 1 aliphatic rings. The second kappa shape index (κ2) is 13.1. The molecule has 1 heterocycles. The number of amides is 2. The van der Waals surface area contributed by atoms with Crippen molar-refractivity contribution in [3.63, 3.8) is 0 Å². The van der Waals surface area contributed by atoms with Crippen LogP contribution in [-0.2, 0) is 28.5 Å². The first-order valence-electron chi connectivity index (χ1n) is 9.40. The van der Waals surface area contributed by atoms with Gasteiger partial charge in [0.2, 0.25) is 11.8 Å². The number of carbonyl (C=O) groups is 2. The Kier molecular flexibility index (Phi) is 11.6. The molecule has 13 nitrogen and oxygen atoms in total. The van der Waals surface area contributed by atoms with Gasteiger partial charge in [-0.3, -0.25) is 9.59 Å². The average molecular weight is 440 g/mol. The summed E-state index contributed by atoms with van der Waals surface area (Å²) < 4.78 is 20.2. The Hall–Kier alpha value is -1.42. The molecule has 176 valence electrons. The lowest BCUT2D eigenvalue weighted by molar-refractivity contribution is -0.386. The molecular weight excluding hydrogens is 408 g/mol. The van der Waals surface area contributed by atoms with E-state index in [-0.39, 0.29) is 13.2 Å². The van der Waals surface area contributed by atoms with Crippen molar-refractivity contribution in [1.82, 2.24) is 10.2 Å². The summed E-state index contributed by atoms with van der Waals surface area (Å²) in [7, 11) is 1.46. The smallest absolute Gasteiger partial charge is 0.239 e. The number of nitrogens with one attached hydrogen (secondary N) is 1. The van der Waals surface area contributed by atoms with Gasteiger partial charge in [-0.15, -0.1) is 0 Å². The first-order chi connectivity index (χ1) is 14.1. The number of aliphatic hydroxyl groups is 5. The van der Waals surface area contributed by atoms with Gasteiger partial charge in [0.05, 0.1) is 38.5 Å². The van der Waals surface area contributed by atoms with Gasteiger partial charge in [0.15, 0.2) is 25.0 Å². The fourth-order valence-electron chi connectivity index (χ4n) is 2.71. The Balaban J connectivity index is 2.89. The maximum absolute atomic E-state index is 12.1. The molecule has 13 heteroatoms. The van der Waals surface area contributed by atoms with Gasteiger partial charge in [0.1, 0.15) is 6.10 Å². The highest BCUT2D eigenvalue weighted by molar-refractivity contribution is 5.84. The van der Waals surface area contributed by atoms with Gasteiger partial charge >= 0.3 is 0 Å². The lowest BCUT2D eigenvalue weighted by Gasteiger charge is -2.39.